The fourth-order valence-corrected chi connectivity index (χ4v) is 3.03. The molecule has 1 aliphatic rings. The van der Waals surface area contributed by atoms with Crippen molar-refractivity contribution in [2.75, 3.05) is 32.9 Å². The zero-order chi connectivity index (χ0) is 18.1. The van der Waals surface area contributed by atoms with Crippen molar-refractivity contribution < 1.29 is 9.47 Å². The second kappa shape index (κ2) is 13.0. The van der Waals surface area contributed by atoms with Crippen LogP contribution in [0.5, 0.6) is 0 Å². The summed E-state index contributed by atoms with van der Waals surface area (Å²) >= 11 is 12.1. The van der Waals surface area contributed by atoms with Gasteiger partial charge in [0.15, 0.2) is 5.96 Å². The lowest BCUT2D eigenvalue weighted by Crippen LogP contribution is -2.38. The molecule has 2 N–H and O–H groups in total. The third kappa shape index (κ3) is 7.80. The van der Waals surface area contributed by atoms with Crippen LogP contribution in [0.2, 0.25) is 10.2 Å². The minimum absolute atomic E-state index is 0. The number of hydrogen-bond acceptors (Lipinski definition) is 3. The highest BCUT2D eigenvalue weighted by atomic mass is 127. The van der Waals surface area contributed by atoms with Gasteiger partial charge in [0.25, 0.3) is 0 Å². The highest BCUT2D eigenvalue weighted by Crippen LogP contribution is 2.25. The number of guanidine groups is 1. The van der Waals surface area contributed by atoms with Gasteiger partial charge in [-0.15, -0.1) is 24.0 Å². The Morgan fingerprint density at radius 3 is 2.85 bits per heavy atom. The number of aromatic nitrogens is 1. The van der Waals surface area contributed by atoms with Crippen LogP contribution in [0.25, 0.3) is 0 Å². The third-order valence-corrected chi connectivity index (χ3v) is 4.89. The van der Waals surface area contributed by atoms with Crippen molar-refractivity contribution in [2.24, 2.45) is 12.0 Å². The van der Waals surface area contributed by atoms with Crippen molar-refractivity contribution in [1.29, 1.82) is 0 Å². The van der Waals surface area contributed by atoms with Crippen molar-refractivity contribution in [2.45, 2.75) is 38.8 Å². The number of ether oxygens (including phenoxy) is 2. The average molecular weight is 519 g/mol. The van der Waals surface area contributed by atoms with Gasteiger partial charge in [-0.1, -0.05) is 23.2 Å². The van der Waals surface area contributed by atoms with Gasteiger partial charge in [0.05, 0.1) is 24.3 Å². The predicted molar refractivity (Wildman–Crippen MR) is 118 cm³/mol. The molecule has 0 spiro atoms. The second-order valence-corrected chi connectivity index (χ2v) is 6.78. The number of rotatable bonds is 9. The van der Waals surface area contributed by atoms with Gasteiger partial charge in [-0.25, -0.2) is 4.99 Å². The average Bonchev–Trinajstić information content (AvgIpc) is 3.20. The van der Waals surface area contributed by atoms with Crippen LogP contribution in [0.1, 0.15) is 31.9 Å². The molecule has 0 bridgehead atoms. The Kier molecular flexibility index (Phi) is 11.9. The van der Waals surface area contributed by atoms with E-state index in [0.29, 0.717) is 23.3 Å². The SMILES string of the molecule is CCNC(=NCc1cc(Cl)c(Cl)n1C)NCCCOCC1CCCO1.I. The summed E-state index contributed by atoms with van der Waals surface area (Å²) in [6, 6.07) is 1.84. The molecular weight excluding hydrogens is 490 g/mol. The third-order valence-electron chi connectivity index (χ3n) is 4.04. The van der Waals surface area contributed by atoms with Gasteiger partial charge in [0, 0.05) is 39.0 Å². The Hall–Kier alpha value is -0.220. The van der Waals surface area contributed by atoms with Crippen molar-refractivity contribution >= 4 is 53.1 Å². The molecule has 26 heavy (non-hydrogen) atoms. The fraction of sp³-hybridized carbons (Fsp3) is 0.706. The molecule has 6 nitrogen and oxygen atoms in total. The van der Waals surface area contributed by atoms with Gasteiger partial charge in [0.1, 0.15) is 5.15 Å². The Balaban J connectivity index is 0.00000338. The van der Waals surface area contributed by atoms with E-state index in [4.69, 9.17) is 32.7 Å². The van der Waals surface area contributed by atoms with E-state index in [1.807, 2.05) is 24.6 Å². The molecule has 0 aromatic carbocycles. The van der Waals surface area contributed by atoms with Gasteiger partial charge < -0.3 is 24.7 Å². The van der Waals surface area contributed by atoms with Crippen LogP contribution in [0.4, 0.5) is 0 Å². The Bertz CT molecular complexity index is 563. The summed E-state index contributed by atoms with van der Waals surface area (Å²) in [5, 5.41) is 7.63. The summed E-state index contributed by atoms with van der Waals surface area (Å²) in [5.41, 5.74) is 0.965. The Morgan fingerprint density at radius 2 is 2.23 bits per heavy atom. The van der Waals surface area contributed by atoms with Crippen LogP contribution in [0, 0.1) is 0 Å². The zero-order valence-electron chi connectivity index (χ0n) is 15.4. The molecule has 2 heterocycles. The summed E-state index contributed by atoms with van der Waals surface area (Å²) in [6.07, 6.45) is 3.47. The van der Waals surface area contributed by atoms with Gasteiger partial charge in [-0.3, -0.25) is 0 Å². The van der Waals surface area contributed by atoms with E-state index < -0.39 is 0 Å². The first-order valence-corrected chi connectivity index (χ1v) is 9.58. The lowest BCUT2D eigenvalue weighted by atomic mass is 10.2. The molecule has 1 fully saturated rings. The summed E-state index contributed by atoms with van der Waals surface area (Å²) in [5.74, 6) is 0.773. The van der Waals surface area contributed by atoms with E-state index in [-0.39, 0.29) is 30.1 Å². The van der Waals surface area contributed by atoms with Crippen LogP contribution in [0.15, 0.2) is 11.1 Å². The van der Waals surface area contributed by atoms with E-state index in [2.05, 4.69) is 15.6 Å². The lowest BCUT2D eigenvalue weighted by Gasteiger charge is -2.13. The number of nitrogens with zero attached hydrogens (tertiary/aromatic N) is 2. The van der Waals surface area contributed by atoms with Crippen LogP contribution in [0.3, 0.4) is 0 Å². The Morgan fingerprint density at radius 1 is 1.42 bits per heavy atom. The topological polar surface area (TPSA) is 59.8 Å². The molecule has 1 aliphatic heterocycles. The van der Waals surface area contributed by atoms with Gasteiger partial charge in [-0.05, 0) is 32.3 Å². The van der Waals surface area contributed by atoms with Crippen molar-refractivity contribution in [1.82, 2.24) is 15.2 Å². The molecule has 2 rings (SSSR count). The number of hydrogen-bond donors (Lipinski definition) is 2. The summed E-state index contributed by atoms with van der Waals surface area (Å²) in [6.45, 7) is 6.43. The second-order valence-electron chi connectivity index (χ2n) is 6.02. The maximum absolute atomic E-state index is 6.08. The van der Waals surface area contributed by atoms with Gasteiger partial charge in [-0.2, -0.15) is 0 Å². The summed E-state index contributed by atoms with van der Waals surface area (Å²) in [7, 11) is 1.88. The molecule has 1 aromatic rings. The number of halogens is 3. The van der Waals surface area contributed by atoms with Crippen LogP contribution in [-0.2, 0) is 23.1 Å². The van der Waals surface area contributed by atoms with E-state index in [9.17, 15) is 0 Å². The molecule has 1 aromatic heterocycles. The maximum atomic E-state index is 6.08. The number of nitrogens with one attached hydrogen (secondary N) is 2. The summed E-state index contributed by atoms with van der Waals surface area (Å²) < 4.78 is 13.0. The lowest BCUT2D eigenvalue weighted by molar-refractivity contribution is 0.0168. The first-order chi connectivity index (χ1) is 12.1. The van der Waals surface area contributed by atoms with E-state index in [1.54, 1.807) is 0 Å². The normalized spacial score (nSPS) is 17.2. The minimum Gasteiger partial charge on any atom is -0.379 e. The van der Waals surface area contributed by atoms with E-state index >= 15 is 0 Å². The summed E-state index contributed by atoms with van der Waals surface area (Å²) in [4.78, 5) is 4.58. The monoisotopic (exact) mass is 518 g/mol. The van der Waals surface area contributed by atoms with Crippen molar-refractivity contribution in [3.8, 4) is 0 Å². The molecular formula is C17H29Cl2IN4O2. The minimum atomic E-state index is 0. The fourth-order valence-electron chi connectivity index (χ4n) is 2.61. The van der Waals surface area contributed by atoms with Gasteiger partial charge >= 0.3 is 0 Å². The first-order valence-electron chi connectivity index (χ1n) is 8.83. The molecule has 0 radical (unpaired) electrons. The largest absolute Gasteiger partial charge is 0.379 e. The first kappa shape index (κ1) is 23.8. The van der Waals surface area contributed by atoms with Crippen LogP contribution in [-0.4, -0.2) is 49.5 Å². The van der Waals surface area contributed by atoms with Crippen molar-refractivity contribution in [3.05, 3.63) is 21.9 Å². The highest BCUT2D eigenvalue weighted by Gasteiger charge is 2.14. The molecule has 0 aliphatic carbocycles. The zero-order valence-corrected chi connectivity index (χ0v) is 19.2. The number of aliphatic imine (C=N–C) groups is 1. The standard InChI is InChI=1S/C17H28Cl2N4O2.HI/c1-3-20-17(22-11-13-10-15(18)16(19)23(13)2)21-7-5-8-24-12-14-6-4-9-25-14;/h10,14H,3-9,11-12H2,1-2H3,(H2,20,21,22);1H. The van der Waals surface area contributed by atoms with E-state index in [1.165, 1.54) is 0 Å². The molecule has 0 amide bonds. The molecule has 1 atom stereocenters. The molecule has 1 unspecified atom stereocenters. The Labute approximate surface area is 183 Å². The van der Waals surface area contributed by atoms with Gasteiger partial charge in [0.2, 0.25) is 0 Å². The van der Waals surface area contributed by atoms with E-state index in [0.717, 1.165) is 57.2 Å². The molecule has 0 saturated carbocycles. The smallest absolute Gasteiger partial charge is 0.191 e. The molecule has 1 saturated heterocycles. The van der Waals surface area contributed by atoms with Crippen LogP contribution >= 0.6 is 47.2 Å². The van der Waals surface area contributed by atoms with Crippen LogP contribution < -0.4 is 10.6 Å². The maximum Gasteiger partial charge on any atom is 0.191 e. The van der Waals surface area contributed by atoms with Crippen molar-refractivity contribution in [3.63, 3.8) is 0 Å². The highest BCUT2D eigenvalue weighted by molar-refractivity contribution is 14.0. The predicted octanol–water partition coefficient (Wildman–Crippen LogP) is 3.59. The molecule has 9 heteroatoms. The molecule has 150 valence electrons. The quantitative estimate of drug-likeness (QED) is 0.227.